The highest BCUT2D eigenvalue weighted by Gasteiger charge is 2.53. The standard InChI is InChI=1S/C56H35NOS/c1-2-17-36(18-3-1)57(37-33-34-39-38-19-4-6-21-41(38)55(48(39)35-37)43-23-8-12-29-50(43)58-51-30-13-9-24-44(51)55)49-28-16-27-47-54(49)40-20-5-7-22-42(40)56(47)45-25-10-14-31-52(45)59-53-32-15-11-26-46(53)56/h1-35H. The van der Waals surface area contributed by atoms with Crippen LogP contribution in [0.1, 0.15) is 44.5 Å². The van der Waals surface area contributed by atoms with Gasteiger partial charge in [0.1, 0.15) is 11.5 Å². The molecule has 0 amide bonds. The summed E-state index contributed by atoms with van der Waals surface area (Å²) in [6, 6.07) is 78.5. The molecule has 0 unspecified atom stereocenters. The summed E-state index contributed by atoms with van der Waals surface area (Å²) >= 11 is 1.88. The van der Waals surface area contributed by atoms with Crippen LogP contribution >= 0.6 is 11.8 Å². The zero-order valence-corrected chi connectivity index (χ0v) is 32.8. The lowest BCUT2D eigenvalue weighted by molar-refractivity contribution is 0.436. The molecule has 13 rings (SSSR count). The Morgan fingerprint density at radius 3 is 1.51 bits per heavy atom. The van der Waals surface area contributed by atoms with Crippen molar-refractivity contribution in [2.24, 2.45) is 0 Å². The van der Waals surface area contributed by atoms with Gasteiger partial charge in [-0.3, -0.25) is 0 Å². The summed E-state index contributed by atoms with van der Waals surface area (Å²) in [5.41, 5.74) is 17.6. The normalized spacial score (nSPS) is 14.8. The highest BCUT2D eigenvalue weighted by Crippen LogP contribution is 2.66. The van der Waals surface area contributed by atoms with E-state index >= 15 is 0 Å². The van der Waals surface area contributed by atoms with Crippen molar-refractivity contribution in [2.45, 2.75) is 20.6 Å². The number of hydrogen-bond donors (Lipinski definition) is 0. The summed E-state index contributed by atoms with van der Waals surface area (Å²) in [4.78, 5) is 5.11. The number of anilines is 3. The number of benzene rings is 9. The molecule has 0 radical (unpaired) electrons. The van der Waals surface area contributed by atoms with E-state index in [-0.39, 0.29) is 0 Å². The van der Waals surface area contributed by atoms with E-state index in [2.05, 4.69) is 217 Å². The zero-order chi connectivity index (χ0) is 38.7. The van der Waals surface area contributed by atoms with Gasteiger partial charge in [-0.25, -0.2) is 0 Å². The molecule has 2 nitrogen and oxygen atoms in total. The van der Waals surface area contributed by atoms with E-state index in [9.17, 15) is 0 Å². The summed E-state index contributed by atoms with van der Waals surface area (Å²) in [6.07, 6.45) is 0. The Morgan fingerprint density at radius 1 is 0.339 bits per heavy atom. The first kappa shape index (κ1) is 33.0. The lowest BCUT2D eigenvalue weighted by Crippen LogP contribution is -2.32. The van der Waals surface area contributed by atoms with Crippen molar-refractivity contribution < 1.29 is 4.74 Å². The Kier molecular flexibility index (Phi) is 6.83. The summed E-state index contributed by atoms with van der Waals surface area (Å²) in [5.74, 6) is 1.79. The Balaban J connectivity index is 1.11. The van der Waals surface area contributed by atoms with Gasteiger partial charge in [0, 0.05) is 37.9 Å². The number of rotatable bonds is 3. The molecule has 2 aliphatic heterocycles. The van der Waals surface area contributed by atoms with E-state index < -0.39 is 10.8 Å². The molecule has 0 fully saturated rings. The van der Waals surface area contributed by atoms with Gasteiger partial charge in [0.2, 0.25) is 0 Å². The first-order chi connectivity index (χ1) is 29.3. The van der Waals surface area contributed by atoms with Crippen LogP contribution in [0.25, 0.3) is 22.3 Å². The summed E-state index contributed by atoms with van der Waals surface area (Å²) < 4.78 is 6.69. The maximum Gasteiger partial charge on any atom is 0.132 e. The molecule has 0 saturated carbocycles. The quantitative estimate of drug-likeness (QED) is 0.178. The summed E-state index contributed by atoms with van der Waals surface area (Å²) in [6.45, 7) is 0. The van der Waals surface area contributed by atoms with Crippen molar-refractivity contribution in [3.05, 3.63) is 257 Å². The van der Waals surface area contributed by atoms with Crippen LogP contribution in [0.2, 0.25) is 0 Å². The molecule has 0 N–H and O–H groups in total. The molecule has 9 aromatic carbocycles. The third-order valence-electron chi connectivity index (χ3n) is 13.2. The fourth-order valence-electron chi connectivity index (χ4n) is 11.1. The van der Waals surface area contributed by atoms with Gasteiger partial charge < -0.3 is 9.64 Å². The van der Waals surface area contributed by atoms with E-state index in [4.69, 9.17) is 4.74 Å². The van der Waals surface area contributed by atoms with Gasteiger partial charge in [0.25, 0.3) is 0 Å². The van der Waals surface area contributed by atoms with Crippen molar-refractivity contribution in [1.29, 1.82) is 0 Å². The average molecular weight is 770 g/mol. The largest absolute Gasteiger partial charge is 0.457 e. The van der Waals surface area contributed by atoms with Gasteiger partial charge >= 0.3 is 0 Å². The third-order valence-corrected chi connectivity index (χ3v) is 14.3. The fourth-order valence-corrected chi connectivity index (χ4v) is 12.2. The van der Waals surface area contributed by atoms with Gasteiger partial charge in [0.15, 0.2) is 0 Å². The van der Waals surface area contributed by atoms with E-state index in [1.165, 1.54) is 65.4 Å². The van der Waals surface area contributed by atoms with Crippen LogP contribution in [0.5, 0.6) is 11.5 Å². The zero-order valence-electron chi connectivity index (χ0n) is 32.0. The number of para-hydroxylation sites is 3. The van der Waals surface area contributed by atoms with Crippen molar-refractivity contribution in [2.75, 3.05) is 4.90 Å². The van der Waals surface area contributed by atoms with Crippen LogP contribution in [0, 0.1) is 0 Å². The molecule has 9 aromatic rings. The molecule has 2 spiro atoms. The monoisotopic (exact) mass is 769 g/mol. The van der Waals surface area contributed by atoms with Crippen molar-refractivity contribution in [3.63, 3.8) is 0 Å². The maximum absolute atomic E-state index is 6.69. The molecule has 0 aromatic heterocycles. The molecular weight excluding hydrogens is 735 g/mol. The Morgan fingerprint density at radius 2 is 0.831 bits per heavy atom. The van der Waals surface area contributed by atoms with E-state index in [1.807, 2.05) is 11.8 Å². The van der Waals surface area contributed by atoms with Crippen LogP contribution in [0.3, 0.4) is 0 Å². The number of fused-ring (bicyclic) bond motifs is 18. The smallest absolute Gasteiger partial charge is 0.132 e. The van der Waals surface area contributed by atoms with Crippen LogP contribution in [0.4, 0.5) is 17.1 Å². The minimum Gasteiger partial charge on any atom is -0.457 e. The highest BCUT2D eigenvalue weighted by molar-refractivity contribution is 7.99. The second kappa shape index (κ2) is 12.2. The minimum atomic E-state index is -0.571. The highest BCUT2D eigenvalue weighted by atomic mass is 32.2. The van der Waals surface area contributed by atoms with Crippen molar-refractivity contribution in [1.82, 2.24) is 0 Å². The molecule has 0 saturated heterocycles. The van der Waals surface area contributed by atoms with Gasteiger partial charge in [-0.2, -0.15) is 0 Å². The van der Waals surface area contributed by atoms with Crippen molar-refractivity contribution >= 4 is 28.8 Å². The van der Waals surface area contributed by atoms with Crippen LogP contribution in [-0.4, -0.2) is 0 Å². The first-order valence-electron chi connectivity index (χ1n) is 20.3. The number of nitrogens with zero attached hydrogens (tertiary/aromatic N) is 1. The van der Waals surface area contributed by atoms with E-state index in [0.29, 0.717) is 0 Å². The fraction of sp³-hybridized carbons (Fsp3) is 0.0357. The predicted octanol–water partition coefficient (Wildman–Crippen LogP) is 14.5. The Bertz CT molecular complexity index is 3110. The first-order valence-corrected chi connectivity index (χ1v) is 21.2. The average Bonchev–Trinajstić information content (AvgIpc) is 3.76. The molecule has 2 aliphatic carbocycles. The van der Waals surface area contributed by atoms with Crippen molar-refractivity contribution in [3.8, 4) is 33.8 Å². The van der Waals surface area contributed by atoms with Crippen LogP contribution in [-0.2, 0) is 10.8 Å². The predicted molar refractivity (Wildman–Crippen MR) is 240 cm³/mol. The van der Waals surface area contributed by atoms with Gasteiger partial charge in [-0.1, -0.05) is 169 Å². The molecule has 2 heterocycles. The summed E-state index contributed by atoms with van der Waals surface area (Å²) in [7, 11) is 0. The molecule has 4 aliphatic rings. The molecule has 59 heavy (non-hydrogen) atoms. The van der Waals surface area contributed by atoms with Gasteiger partial charge in [-0.05, 0) is 105 Å². The van der Waals surface area contributed by atoms with E-state index in [1.54, 1.807) is 0 Å². The van der Waals surface area contributed by atoms with Gasteiger partial charge in [-0.15, -0.1) is 0 Å². The van der Waals surface area contributed by atoms with Gasteiger partial charge in [0.05, 0.1) is 16.5 Å². The van der Waals surface area contributed by atoms with Crippen LogP contribution in [0.15, 0.2) is 222 Å². The number of hydrogen-bond acceptors (Lipinski definition) is 3. The lowest BCUT2D eigenvalue weighted by atomic mass is 9.66. The third kappa shape index (κ3) is 4.22. The summed E-state index contributed by atoms with van der Waals surface area (Å²) in [5, 5.41) is 0. The molecule has 0 atom stereocenters. The lowest BCUT2D eigenvalue weighted by Gasteiger charge is -2.40. The SMILES string of the molecule is c1ccc(N(c2ccc3c(c2)C2(c4ccccc4Oc4ccccc42)c2ccccc2-3)c2cccc3c2-c2ccccc2C32c3ccccc3Sc3ccccc32)cc1. The maximum atomic E-state index is 6.69. The minimum absolute atomic E-state index is 0.470. The molecule has 3 heteroatoms. The molecule has 0 bridgehead atoms. The topological polar surface area (TPSA) is 12.5 Å². The second-order valence-electron chi connectivity index (χ2n) is 15.9. The van der Waals surface area contributed by atoms with Crippen LogP contribution < -0.4 is 9.64 Å². The second-order valence-corrected chi connectivity index (χ2v) is 17.0. The number of ether oxygens (including phenoxy) is 1. The molecular formula is C56H35NOS. The van der Waals surface area contributed by atoms with E-state index in [0.717, 1.165) is 39.7 Å². The Hall–Kier alpha value is -7.07. The Labute approximate surface area is 348 Å². The molecule has 276 valence electrons.